The zero-order valence-electron chi connectivity index (χ0n) is 18.3. The van der Waals surface area contributed by atoms with Crippen molar-refractivity contribution in [2.24, 2.45) is 0 Å². The van der Waals surface area contributed by atoms with E-state index in [4.69, 9.17) is 4.74 Å². The Morgan fingerprint density at radius 2 is 1.83 bits per heavy atom. The van der Waals surface area contributed by atoms with Crippen LogP contribution in [0.2, 0.25) is 0 Å². The summed E-state index contributed by atoms with van der Waals surface area (Å²) in [5.41, 5.74) is 3.35. The topological polar surface area (TPSA) is 58.6 Å². The number of carbonyl (C=O) groups is 2. The van der Waals surface area contributed by atoms with Crippen molar-refractivity contribution in [2.45, 2.75) is 45.5 Å². The summed E-state index contributed by atoms with van der Waals surface area (Å²) in [5.74, 6) is 1.68. The molecule has 2 amide bonds. The van der Waals surface area contributed by atoms with E-state index in [9.17, 15) is 9.59 Å². The molecule has 0 aromatic heterocycles. The molecule has 2 rings (SSSR count). The number of aryl methyl sites for hydroxylation is 1. The first kappa shape index (κ1) is 23.8. The quantitative estimate of drug-likeness (QED) is 0.583. The van der Waals surface area contributed by atoms with Gasteiger partial charge in [-0.15, -0.1) is 11.8 Å². The van der Waals surface area contributed by atoms with E-state index in [0.29, 0.717) is 25.3 Å². The lowest BCUT2D eigenvalue weighted by Crippen LogP contribution is -2.49. The van der Waals surface area contributed by atoms with Crippen LogP contribution in [0, 0.1) is 6.92 Å². The van der Waals surface area contributed by atoms with Crippen LogP contribution in [0.1, 0.15) is 37.0 Å². The van der Waals surface area contributed by atoms with Crippen molar-refractivity contribution in [1.82, 2.24) is 10.2 Å². The molecular formula is C24H32N2O3S. The molecule has 0 saturated carbocycles. The van der Waals surface area contributed by atoms with Gasteiger partial charge in [0.25, 0.3) is 0 Å². The van der Waals surface area contributed by atoms with E-state index in [2.05, 4.69) is 36.5 Å². The molecule has 0 heterocycles. The number of methoxy groups -OCH3 is 1. The summed E-state index contributed by atoms with van der Waals surface area (Å²) in [7, 11) is 1.62. The number of thioether (sulfide) groups is 1. The average Bonchev–Trinajstić information content (AvgIpc) is 2.75. The van der Waals surface area contributed by atoms with Crippen LogP contribution in [-0.2, 0) is 21.9 Å². The largest absolute Gasteiger partial charge is 0.497 e. The fraction of sp³-hybridized carbons (Fsp3) is 0.417. The molecule has 5 nitrogen and oxygen atoms in total. The van der Waals surface area contributed by atoms with Crippen LogP contribution in [0.15, 0.2) is 48.5 Å². The first-order valence-corrected chi connectivity index (χ1v) is 11.5. The zero-order chi connectivity index (χ0) is 21.9. The molecule has 1 N–H and O–H groups in total. The predicted molar refractivity (Wildman–Crippen MR) is 124 cm³/mol. The lowest BCUT2D eigenvalue weighted by molar-refractivity contribution is -0.139. The van der Waals surface area contributed by atoms with Gasteiger partial charge in [0.2, 0.25) is 11.8 Å². The molecule has 1 atom stereocenters. The van der Waals surface area contributed by atoms with Gasteiger partial charge in [-0.1, -0.05) is 48.9 Å². The third-order valence-corrected chi connectivity index (χ3v) is 5.83. The maximum atomic E-state index is 13.1. The lowest BCUT2D eigenvalue weighted by atomic mass is 10.1. The van der Waals surface area contributed by atoms with Crippen molar-refractivity contribution >= 4 is 23.6 Å². The molecule has 0 aliphatic rings. The highest BCUT2D eigenvalue weighted by molar-refractivity contribution is 7.99. The van der Waals surface area contributed by atoms with E-state index in [1.165, 1.54) is 11.1 Å². The third-order valence-electron chi connectivity index (χ3n) is 4.84. The van der Waals surface area contributed by atoms with E-state index < -0.39 is 6.04 Å². The van der Waals surface area contributed by atoms with Crippen molar-refractivity contribution in [3.8, 4) is 5.75 Å². The monoisotopic (exact) mass is 428 g/mol. The third kappa shape index (κ3) is 7.10. The predicted octanol–water partition coefficient (Wildman–Crippen LogP) is 4.18. The number of hydrogen-bond acceptors (Lipinski definition) is 4. The molecule has 0 saturated heterocycles. The van der Waals surface area contributed by atoms with Gasteiger partial charge in [-0.25, -0.2) is 0 Å². The van der Waals surface area contributed by atoms with E-state index in [1.807, 2.05) is 38.1 Å². The second kappa shape index (κ2) is 12.3. The van der Waals surface area contributed by atoms with Gasteiger partial charge >= 0.3 is 0 Å². The summed E-state index contributed by atoms with van der Waals surface area (Å²) in [5, 5.41) is 2.86. The minimum Gasteiger partial charge on any atom is -0.497 e. The summed E-state index contributed by atoms with van der Waals surface area (Å²) >= 11 is 1.57. The highest BCUT2D eigenvalue weighted by atomic mass is 32.2. The van der Waals surface area contributed by atoms with Crippen LogP contribution >= 0.6 is 11.8 Å². The molecule has 162 valence electrons. The number of rotatable bonds is 11. The highest BCUT2D eigenvalue weighted by Crippen LogP contribution is 2.19. The number of carbonyl (C=O) groups excluding carboxylic acids is 2. The number of amides is 2. The van der Waals surface area contributed by atoms with E-state index in [0.717, 1.165) is 17.1 Å². The van der Waals surface area contributed by atoms with Crippen molar-refractivity contribution in [3.63, 3.8) is 0 Å². The zero-order valence-corrected chi connectivity index (χ0v) is 19.1. The molecular weight excluding hydrogens is 396 g/mol. The molecule has 6 heteroatoms. The molecule has 0 radical (unpaired) electrons. The van der Waals surface area contributed by atoms with Gasteiger partial charge in [0.15, 0.2) is 0 Å². The smallest absolute Gasteiger partial charge is 0.242 e. The van der Waals surface area contributed by atoms with Crippen molar-refractivity contribution in [2.75, 3.05) is 19.4 Å². The van der Waals surface area contributed by atoms with Crippen LogP contribution in [0.5, 0.6) is 5.75 Å². The molecule has 2 aromatic carbocycles. The van der Waals surface area contributed by atoms with E-state index >= 15 is 0 Å². The van der Waals surface area contributed by atoms with Crippen LogP contribution in [0.25, 0.3) is 0 Å². The summed E-state index contributed by atoms with van der Waals surface area (Å²) < 4.78 is 5.31. The van der Waals surface area contributed by atoms with Crippen molar-refractivity contribution < 1.29 is 14.3 Å². The van der Waals surface area contributed by atoms with Crippen LogP contribution in [-0.4, -0.2) is 42.2 Å². The molecule has 0 aliphatic heterocycles. The Morgan fingerprint density at radius 1 is 1.10 bits per heavy atom. The molecule has 0 aliphatic carbocycles. The molecule has 2 aromatic rings. The molecule has 30 heavy (non-hydrogen) atoms. The minimum absolute atomic E-state index is 0.0342. The van der Waals surface area contributed by atoms with Gasteiger partial charge in [-0.3, -0.25) is 9.59 Å². The fourth-order valence-electron chi connectivity index (χ4n) is 3.20. The van der Waals surface area contributed by atoms with Crippen LogP contribution in [0.3, 0.4) is 0 Å². The summed E-state index contributed by atoms with van der Waals surface area (Å²) in [6.07, 6.45) is 0.560. The van der Waals surface area contributed by atoms with Gasteiger partial charge in [0.05, 0.1) is 12.9 Å². The van der Waals surface area contributed by atoms with Gasteiger partial charge in [0.1, 0.15) is 11.8 Å². The van der Waals surface area contributed by atoms with Crippen LogP contribution < -0.4 is 10.1 Å². The number of nitrogens with zero attached hydrogens (tertiary/aromatic N) is 1. The Labute approximate surface area is 184 Å². The number of benzene rings is 2. The Hall–Kier alpha value is -2.47. The fourth-order valence-corrected chi connectivity index (χ4v) is 4.07. The SMILES string of the molecule is CCNC(=O)[C@H](CC)N(Cc1cccc(OC)c1)C(=O)CSCc1ccc(C)cc1. The minimum atomic E-state index is -0.497. The Balaban J connectivity index is 2.12. The summed E-state index contributed by atoms with van der Waals surface area (Å²) in [4.78, 5) is 27.5. The maximum absolute atomic E-state index is 13.1. The second-order valence-electron chi connectivity index (χ2n) is 7.17. The highest BCUT2D eigenvalue weighted by Gasteiger charge is 2.28. The number of nitrogens with one attached hydrogen (secondary N) is 1. The average molecular weight is 429 g/mol. The van der Waals surface area contributed by atoms with Crippen molar-refractivity contribution in [3.05, 3.63) is 65.2 Å². The van der Waals surface area contributed by atoms with Crippen molar-refractivity contribution in [1.29, 1.82) is 0 Å². The molecule has 0 bridgehead atoms. The van der Waals surface area contributed by atoms with Gasteiger partial charge < -0.3 is 15.0 Å². The summed E-state index contributed by atoms with van der Waals surface area (Å²) in [6, 6.07) is 15.5. The Bertz CT molecular complexity index is 823. The second-order valence-corrected chi connectivity index (χ2v) is 8.16. The normalized spacial score (nSPS) is 11.6. The number of ether oxygens (including phenoxy) is 1. The van der Waals surface area contributed by atoms with Gasteiger partial charge in [-0.05, 0) is 43.5 Å². The maximum Gasteiger partial charge on any atom is 0.242 e. The number of hydrogen-bond donors (Lipinski definition) is 1. The standard InChI is InChI=1S/C24H32N2O3S/c1-5-22(24(28)25-6-2)26(15-20-8-7-9-21(14-20)29-4)23(27)17-30-16-19-12-10-18(3)11-13-19/h7-14,22H,5-6,15-17H2,1-4H3,(H,25,28)/t22-/m0/s1. The van der Waals surface area contributed by atoms with E-state index in [-0.39, 0.29) is 11.8 Å². The number of likely N-dealkylation sites (N-methyl/N-ethyl adjacent to an activating group) is 1. The molecule has 0 unspecified atom stereocenters. The van der Waals surface area contributed by atoms with Crippen LogP contribution in [0.4, 0.5) is 0 Å². The lowest BCUT2D eigenvalue weighted by Gasteiger charge is -2.30. The first-order chi connectivity index (χ1) is 14.5. The van der Waals surface area contributed by atoms with Gasteiger partial charge in [-0.2, -0.15) is 0 Å². The molecule has 0 fully saturated rings. The first-order valence-electron chi connectivity index (χ1n) is 10.3. The Kier molecular flexibility index (Phi) is 9.74. The van der Waals surface area contributed by atoms with E-state index in [1.54, 1.807) is 23.8 Å². The Morgan fingerprint density at radius 3 is 2.47 bits per heavy atom. The van der Waals surface area contributed by atoms with Gasteiger partial charge in [0, 0.05) is 18.8 Å². The molecule has 0 spiro atoms. The summed E-state index contributed by atoms with van der Waals surface area (Å²) in [6.45, 7) is 6.79.